The molecule has 0 aromatic carbocycles. The summed E-state index contributed by atoms with van der Waals surface area (Å²) in [6, 6.07) is 0. The Balaban J connectivity index is 3.29. The van der Waals surface area contributed by atoms with Crippen molar-refractivity contribution >= 4 is 5.82 Å². The van der Waals surface area contributed by atoms with Crippen molar-refractivity contribution in [3.05, 3.63) is 16.8 Å². The molecular weight excluding hydrogens is 112 g/mol. The maximum absolute atomic E-state index is 5.59. The Labute approximate surface area is 55.1 Å². The van der Waals surface area contributed by atoms with Crippen molar-refractivity contribution in [2.24, 2.45) is 0 Å². The molecule has 3 N–H and O–H groups in total. The van der Waals surface area contributed by atoms with Gasteiger partial charge in [-0.2, -0.15) is 0 Å². The molecule has 0 saturated heterocycles. The number of aromatic amines is 1. The molecule has 50 valence electrons. The normalized spacial score (nSPS) is 10.1. The zero-order valence-electron chi connectivity index (χ0n) is 6.08. The van der Waals surface area contributed by atoms with Gasteiger partial charge in [-0.15, -0.1) is 0 Å². The molecule has 1 aromatic heterocycles. The van der Waals surface area contributed by atoms with Crippen molar-refractivity contribution in [1.82, 2.24) is 4.98 Å². The standard InChI is InChI=1S/C7H12N2/c1-4-5(2)7(8)9-6(4)3/h9H,8H2,1-3H3. The Morgan fingerprint density at radius 3 is 1.78 bits per heavy atom. The average molecular weight is 124 g/mol. The van der Waals surface area contributed by atoms with Crippen molar-refractivity contribution in [2.75, 3.05) is 5.73 Å². The van der Waals surface area contributed by atoms with Gasteiger partial charge in [0.15, 0.2) is 0 Å². The van der Waals surface area contributed by atoms with E-state index in [4.69, 9.17) is 5.73 Å². The van der Waals surface area contributed by atoms with Crippen LogP contribution in [0.1, 0.15) is 16.8 Å². The topological polar surface area (TPSA) is 41.8 Å². The first-order chi connectivity index (χ1) is 4.13. The van der Waals surface area contributed by atoms with E-state index in [0.29, 0.717) is 0 Å². The molecule has 0 unspecified atom stereocenters. The third kappa shape index (κ3) is 0.803. The first-order valence-corrected chi connectivity index (χ1v) is 3.04. The average Bonchev–Trinajstić information content (AvgIpc) is 1.98. The zero-order valence-corrected chi connectivity index (χ0v) is 6.08. The molecule has 1 heterocycles. The number of nitrogens with two attached hydrogens (primary N) is 1. The molecule has 0 spiro atoms. The number of hydrogen-bond acceptors (Lipinski definition) is 1. The van der Waals surface area contributed by atoms with Gasteiger partial charge >= 0.3 is 0 Å². The van der Waals surface area contributed by atoms with Crippen LogP contribution in [0.25, 0.3) is 0 Å². The van der Waals surface area contributed by atoms with Crippen LogP contribution < -0.4 is 5.73 Å². The van der Waals surface area contributed by atoms with Gasteiger partial charge in [-0.3, -0.25) is 0 Å². The van der Waals surface area contributed by atoms with Gasteiger partial charge in [0.05, 0.1) is 0 Å². The number of nitrogens with one attached hydrogen (secondary N) is 1. The second kappa shape index (κ2) is 1.79. The van der Waals surface area contributed by atoms with Crippen LogP contribution in [0.2, 0.25) is 0 Å². The molecule has 0 aliphatic carbocycles. The molecule has 0 aliphatic rings. The van der Waals surface area contributed by atoms with Crippen LogP contribution in [-0.4, -0.2) is 4.98 Å². The van der Waals surface area contributed by atoms with Gasteiger partial charge in [0, 0.05) is 5.69 Å². The van der Waals surface area contributed by atoms with Gasteiger partial charge in [0.2, 0.25) is 0 Å². The van der Waals surface area contributed by atoms with Crippen LogP contribution in [0, 0.1) is 20.8 Å². The second-order valence-electron chi connectivity index (χ2n) is 2.41. The van der Waals surface area contributed by atoms with Crippen molar-refractivity contribution in [3.63, 3.8) is 0 Å². The third-order valence-corrected chi connectivity index (χ3v) is 1.85. The zero-order chi connectivity index (χ0) is 7.02. The Bertz CT molecular complexity index is 201. The Kier molecular flexibility index (Phi) is 1.24. The van der Waals surface area contributed by atoms with Crippen molar-refractivity contribution in [1.29, 1.82) is 0 Å². The minimum atomic E-state index is 0.796. The molecule has 0 amide bonds. The van der Waals surface area contributed by atoms with Crippen molar-refractivity contribution in [3.8, 4) is 0 Å². The molecule has 2 heteroatoms. The molecule has 0 bridgehead atoms. The van der Waals surface area contributed by atoms with Crippen LogP contribution in [0.4, 0.5) is 5.82 Å². The molecule has 0 atom stereocenters. The monoisotopic (exact) mass is 124 g/mol. The van der Waals surface area contributed by atoms with E-state index in [0.717, 1.165) is 5.82 Å². The highest BCUT2D eigenvalue weighted by molar-refractivity contribution is 5.47. The molecule has 1 aromatic rings. The lowest BCUT2D eigenvalue weighted by molar-refractivity contribution is 1.23. The maximum atomic E-state index is 5.59. The SMILES string of the molecule is Cc1[nH]c(N)c(C)c1C. The molecule has 0 radical (unpaired) electrons. The van der Waals surface area contributed by atoms with Crippen LogP contribution >= 0.6 is 0 Å². The van der Waals surface area contributed by atoms with E-state index >= 15 is 0 Å². The summed E-state index contributed by atoms with van der Waals surface area (Å²) in [4.78, 5) is 3.05. The molecular formula is C7H12N2. The van der Waals surface area contributed by atoms with Crippen LogP contribution in [-0.2, 0) is 0 Å². The van der Waals surface area contributed by atoms with E-state index in [1.807, 2.05) is 13.8 Å². The van der Waals surface area contributed by atoms with E-state index in [-0.39, 0.29) is 0 Å². The first kappa shape index (κ1) is 6.20. The number of rotatable bonds is 0. The summed E-state index contributed by atoms with van der Waals surface area (Å²) in [5.41, 5.74) is 9.20. The highest BCUT2D eigenvalue weighted by atomic mass is 14.9. The Hall–Kier alpha value is -0.920. The summed E-state index contributed by atoms with van der Waals surface area (Å²) in [5, 5.41) is 0. The minimum absolute atomic E-state index is 0.796. The van der Waals surface area contributed by atoms with Gasteiger partial charge in [0.1, 0.15) is 5.82 Å². The molecule has 1 rings (SSSR count). The summed E-state index contributed by atoms with van der Waals surface area (Å²) in [7, 11) is 0. The van der Waals surface area contributed by atoms with E-state index in [9.17, 15) is 0 Å². The largest absolute Gasteiger partial charge is 0.385 e. The van der Waals surface area contributed by atoms with Crippen molar-refractivity contribution in [2.45, 2.75) is 20.8 Å². The number of H-pyrrole nitrogens is 1. The smallest absolute Gasteiger partial charge is 0.104 e. The van der Waals surface area contributed by atoms with Gasteiger partial charge in [0.25, 0.3) is 0 Å². The number of aromatic nitrogens is 1. The Morgan fingerprint density at radius 1 is 1.11 bits per heavy atom. The summed E-state index contributed by atoms with van der Waals surface area (Å²) >= 11 is 0. The molecule has 0 saturated carbocycles. The van der Waals surface area contributed by atoms with E-state index < -0.39 is 0 Å². The van der Waals surface area contributed by atoms with Gasteiger partial charge < -0.3 is 10.7 Å². The third-order valence-electron chi connectivity index (χ3n) is 1.85. The van der Waals surface area contributed by atoms with Gasteiger partial charge in [-0.05, 0) is 31.9 Å². The van der Waals surface area contributed by atoms with Crippen LogP contribution in [0.5, 0.6) is 0 Å². The lowest BCUT2D eigenvalue weighted by atomic mass is 10.2. The number of nitrogen functional groups attached to an aromatic ring is 1. The van der Waals surface area contributed by atoms with E-state index in [2.05, 4.69) is 11.9 Å². The lowest BCUT2D eigenvalue weighted by Crippen LogP contribution is -1.85. The van der Waals surface area contributed by atoms with Crippen molar-refractivity contribution < 1.29 is 0 Å². The molecule has 0 aliphatic heterocycles. The Morgan fingerprint density at radius 2 is 1.67 bits per heavy atom. The van der Waals surface area contributed by atoms with Gasteiger partial charge in [-0.1, -0.05) is 0 Å². The second-order valence-corrected chi connectivity index (χ2v) is 2.41. The predicted molar refractivity (Wildman–Crippen MR) is 39.4 cm³/mol. The number of hydrogen-bond donors (Lipinski definition) is 2. The molecule has 0 fully saturated rings. The summed E-state index contributed by atoms with van der Waals surface area (Å²) < 4.78 is 0. The number of anilines is 1. The quantitative estimate of drug-likeness (QED) is 0.541. The maximum Gasteiger partial charge on any atom is 0.104 e. The predicted octanol–water partition coefficient (Wildman–Crippen LogP) is 1.52. The minimum Gasteiger partial charge on any atom is -0.385 e. The highest BCUT2D eigenvalue weighted by Gasteiger charge is 2.01. The highest BCUT2D eigenvalue weighted by Crippen LogP contribution is 2.16. The summed E-state index contributed by atoms with van der Waals surface area (Å²) in [6.07, 6.45) is 0. The van der Waals surface area contributed by atoms with Gasteiger partial charge in [-0.25, -0.2) is 0 Å². The summed E-state index contributed by atoms with van der Waals surface area (Å²) in [5.74, 6) is 0.796. The van der Waals surface area contributed by atoms with Crippen LogP contribution in [0.15, 0.2) is 0 Å². The number of aryl methyl sites for hydroxylation is 1. The molecule has 2 nitrogen and oxygen atoms in total. The molecule has 9 heavy (non-hydrogen) atoms. The van der Waals surface area contributed by atoms with E-state index in [1.54, 1.807) is 0 Å². The lowest BCUT2D eigenvalue weighted by Gasteiger charge is -1.88. The van der Waals surface area contributed by atoms with Crippen LogP contribution in [0.3, 0.4) is 0 Å². The van der Waals surface area contributed by atoms with E-state index in [1.165, 1.54) is 16.8 Å². The first-order valence-electron chi connectivity index (χ1n) is 3.04. The fourth-order valence-corrected chi connectivity index (χ4v) is 0.873. The fourth-order valence-electron chi connectivity index (χ4n) is 0.873. The fraction of sp³-hybridized carbons (Fsp3) is 0.429. The summed E-state index contributed by atoms with van der Waals surface area (Å²) in [6.45, 7) is 6.12.